The number of nitro benzene ring substituents is 1. The lowest BCUT2D eigenvalue weighted by molar-refractivity contribution is -0.387. The largest absolute Gasteiger partial charge is 0.388 e. The lowest BCUT2D eigenvalue weighted by atomic mass is 10.2. The molecule has 0 unspecified atom stereocenters. The molecule has 0 saturated carbocycles. The first-order valence-electron chi connectivity index (χ1n) is 5.15. The summed E-state index contributed by atoms with van der Waals surface area (Å²) in [5.41, 5.74) is 0.0116. The van der Waals surface area contributed by atoms with Crippen molar-refractivity contribution in [3.8, 4) is 0 Å². The molecule has 2 rings (SSSR count). The minimum absolute atomic E-state index is 0.220. The van der Waals surface area contributed by atoms with Crippen LogP contribution in [0, 0.1) is 15.9 Å². The number of nitrogens with zero attached hydrogens (tertiary/aromatic N) is 3. The van der Waals surface area contributed by atoms with Crippen LogP contribution in [0.2, 0.25) is 0 Å². The van der Waals surface area contributed by atoms with E-state index >= 15 is 0 Å². The number of rotatable bonds is 4. The smallest absolute Gasteiger partial charge is 0.304 e. The van der Waals surface area contributed by atoms with Crippen molar-refractivity contribution in [2.75, 3.05) is 0 Å². The number of aliphatic hydroxyl groups is 1. The zero-order valence-corrected chi connectivity index (χ0v) is 9.28. The van der Waals surface area contributed by atoms with E-state index in [0.29, 0.717) is 17.9 Å². The summed E-state index contributed by atoms with van der Waals surface area (Å²) in [5.74, 6) is -0.420. The first-order chi connectivity index (χ1) is 8.61. The Balaban J connectivity index is 2.25. The molecule has 6 nitrogen and oxygen atoms in total. The van der Waals surface area contributed by atoms with E-state index in [1.54, 1.807) is 10.8 Å². The standard InChI is InChI=1S/C11H10FN3O3/c12-9-5-8(1-2-10(9)15(17)18)6-14-4-3-13-11(14)7-16/h1-5,16H,6-7H2. The van der Waals surface area contributed by atoms with Gasteiger partial charge in [0.25, 0.3) is 0 Å². The van der Waals surface area contributed by atoms with Crippen molar-refractivity contribution in [1.29, 1.82) is 0 Å². The first-order valence-corrected chi connectivity index (χ1v) is 5.15. The molecule has 2 aromatic rings. The summed E-state index contributed by atoms with van der Waals surface area (Å²) < 4.78 is 15.0. The lowest BCUT2D eigenvalue weighted by Crippen LogP contribution is -2.05. The second kappa shape index (κ2) is 4.92. The fourth-order valence-corrected chi connectivity index (χ4v) is 1.63. The highest BCUT2D eigenvalue weighted by Gasteiger charge is 2.14. The molecule has 0 bridgehead atoms. The first kappa shape index (κ1) is 12.2. The maximum absolute atomic E-state index is 13.4. The molecule has 0 aliphatic carbocycles. The van der Waals surface area contributed by atoms with E-state index in [4.69, 9.17) is 5.11 Å². The van der Waals surface area contributed by atoms with Gasteiger partial charge in [-0.15, -0.1) is 0 Å². The van der Waals surface area contributed by atoms with E-state index in [2.05, 4.69) is 4.98 Å². The van der Waals surface area contributed by atoms with Gasteiger partial charge in [-0.05, 0) is 11.6 Å². The van der Waals surface area contributed by atoms with Crippen molar-refractivity contribution < 1.29 is 14.4 Å². The summed E-state index contributed by atoms with van der Waals surface area (Å²) in [7, 11) is 0. The van der Waals surface area contributed by atoms with E-state index in [0.717, 1.165) is 12.1 Å². The molecule has 94 valence electrons. The maximum atomic E-state index is 13.4. The lowest BCUT2D eigenvalue weighted by Gasteiger charge is -2.06. The van der Waals surface area contributed by atoms with Gasteiger partial charge in [0, 0.05) is 25.0 Å². The highest BCUT2D eigenvalue weighted by molar-refractivity contribution is 5.35. The second-order valence-corrected chi connectivity index (χ2v) is 3.67. The Morgan fingerprint density at radius 1 is 1.50 bits per heavy atom. The molecule has 0 aliphatic heterocycles. The van der Waals surface area contributed by atoms with Crippen LogP contribution in [-0.4, -0.2) is 19.6 Å². The van der Waals surface area contributed by atoms with Gasteiger partial charge in [0.2, 0.25) is 5.82 Å². The van der Waals surface area contributed by atoms with Crippen LogP contribution in [0.25, 0.3) is 0 Å². The Morgan fingerprint density at radius 3 is 2.89 bits per heavy atom. The fourth-order valence-electron chi connectivity index (χ4n) is 1.63. The third-order valence-corrected chi connectivity index (χ3v) is 2.50. The normalized spacial score (nSPS) is 10.6. The van der Waals surface area contributed by atoms with Crippen molar-refractivity contribution in [3.05, 3.63) is 57.9 Å². The van der Waals surface area contributed by atoms with E-state index < -0.39 is 16.4 Å². The highest BCUT2D eigenvalue weighted by Crippen LogP contribution is 2.18. The Morgan fingerprint density at radius 2 is 2.28 bits per heavy atom. The Bertz CT molecular complexity index is 583. The van der Waals surface area contributed by atoms with Gasteiger partial charge in [-0.1, -0.05) is 6.07 Å². The third-order valence-electron chi connectivity index (χ3n) is 2.50. The van der Waals surface area contributed by atoms with Crippen LogP contribution in [0.3, 0.4) is 0 Å². The van der Waals surface area contributed by atoms with Gasteiger partial charge in [0.15, 0.2) is 0 Å². The van der Waals surface area contributed by atoms with Crippen molar-refractivity contribution in [2.24, 2.45) is 0 Å². The number of imidazole rings is 1. The number of hydrogen-bond donors (Lipinski definition) is 1. The highest BCUT2D eigenvalue weighted by atomic mass is 19.1. The molecule has 0 atom stereocenters. The van der Waals surface area contributed by atoms with Gasteiger partial charge in [-0.25, -0.2) is 4.98 Å². The topological polar surface area (TPSA) is 81.2 Å². The molecule has 1 aromatic carbocycles. The van der Waals surface area contributed by atoms with Crippen LogP contribution in [0.1, 0.15) is 11.4 Å². The second-order valence-electron chi connectivity index (χ2n) is 3.67. The summed E-state index contributed by atoms with van der Waals surface area (Å²) in [6.07, 6.45) is 3.16. The Labute approximate surface area is 101 Å². The van der Waals surface area contributed by atoms with Crippen molar-refractivity contribution in [1.82, 2.24) is 9.55 Å². The zero-order chi connectivity index (χ0) is 13.1. The van der Waals surface area contributed by atoms with Crippen LogP contribution in [0.5, 0.6) is 0 Å². The number of benzene rings is 1. The molecule has 0 saturated heterocycles. The van der Waals surface area contributed by atoms with Crippen LogP contribution in [0.15, 0.2) is 30.6 Å². The number of nitro groups is 1. The Kier molecular flexibility index (Phi) is 3.33. The predicted octanol–water partition coefficient (Wildman–Crippen LogP) is 1.47. The summed E-state index contributed by atoms with van der Waals surface area (Å²) in [6, 6.07) is 3.71. The molecule has 0 amide bonds. The molecule has 0 spiro atoms. The number of halogens is 1. The molecule has 0 fully saturated rings. The molecule has 0 aliphatic rings. The summed E-state index contributed by atoms with van der Waals surface area (Å²) >= 11 is 0. The van der Waals surface area contributed by atoms with Gasteiger partial charge in [0.1, 0.15) is 12.4 Å². The van der Waals surface area contributed by atoms with Gasteiger partial charge in [-0.3, -0.25) is 10.1 Å². The number of aromatic nitrogens is 2. The van der Waals surface area contributed by atoms with Gasteiger partial charge in [-0.2, -0.15) is 4.39 Å². The van der Waals surface area contributed by atoms with Crippen LogP contribution in [-0.2, 0) is 13.2 Å². The molecule has 7 heteroatoms. The molecule has 1 aromatic heterocycles. The van der Waals surface area contributed by atoms with Crippen LogP contribution >= 0.6 is 0 Å². The predicted molar refractivity (Wildman–Crippen MR) is 60.3 cm³/mol. The fraction of sp³-hybridized carbons (Fsp3) is 0.182. The van der Waals surface area contributed by atoms with Crippen molar-refractivity contribution >= 4 is 5.69 Å². The molecule has 18 heavy (non-hydrogen) atoms. The van der Waals surface area contributed by atoms with Gasteiger partial charge >= 0.3 is 5.69 Å². The summed E-state index contributed by atoms with van der Waals surface area (Å²) in [6.45, 7) is 0.0767. The van der Waals surface area contributed by atoms with Crippen LogP contribution in [0.4, 0.5) is 10.1 Å². The SMILES string of the molecule is O=[N+]([O-])c1ccc(Cn2ccnc2CO)cc1F. The van der Waals surface area contributed by atoms with Gasteiger partial charge in [0.05, 0.1) is 4.92 Å². The Hall–Kier alpha value is -2.28. The average molecular weight is 251 g/mol. The molecule has 1 N–H and O–H groups in total. The summed E-state index contributed by atoms with van der Waals surface area (Å²) in [4.78, 5) is 13.6. The average Bonchev–Trinajstić information content (AvgIpc) is 2.76. The molecule has 1 heterocycles. The van der Waals surface area contributed by atoms with Gasteiger partial charge < -0.3 is 9.67 Å². The minimum atomic E-state index is -0.872. The van der Waals surface area contributed by atoms with Crippen molar-refractivity contribution in [3.63, 3.8) is 0 Å². The molecular formula is C11H10FN3O3. The van der Waals surface area contributed by atoms with Crippen molar-refractivity contribution in [2.45, 2.75) is 13.2 Å². The number of aliphatic hydroxyl groups excluding tert-OH is 1. The quantitative estimate of drug-likeness (QED) is 0.659. The third kappa shape index (κ3) is 2.35. The van der Waals surface area contributed by atoms with E-state index in [1.165, 1.54) is 12.3 Å². The van der Waals surface area contributed by atoms with Crippen LogP contribution < -0.4 is 0 Å². The zero-order valence-electron chi connectivity index (χ0n) is 9.28. The molecular weight excluding hydrogens is 241 g/mol. The maximum Gasteiger partial charge on any atom is 0.304 e. The van der Waals surface area contributed by atoms with E-state index in [-0.39, 0.29) is 6.61 Å². The summed E-state index contributed by atoms with van der Waals surface area (Å²) in [5, 5.41) is 19.5. The molecule has 0 radical (unpaired) electrons. The van der Waals surface area contributed by atoms with E-state index in [1.807, 2.05) is 0 Å². The van der Waals surface area contributed by atoms with E-state index in [9.17, 15) is 14.5 Å². The minimum Gasteiger partial charge on any atom is -0.388 e. The number of hydrogen-bond acceptors (Lipinski definition) is 4. The monoisotopic (exact) mass is 251 g/mol.